The van der Waals surface area contributed by atoms with Crippen LogP contribution in [0.3, 0.4) is 0 Å². The van der Waals surface area contributed by atoms with E-state index in [0.29, 0.717) is 0 Å². The van der Waals surface area contributed by atoms with Gasteiger partial charge in [-0.2, -0.15) is 0 Å². The number of ether oxygens (including phenoxy) is 1. The van der Waals surface area contributed by atoms with Gasteiger partial charge in [0, 0.05) is 12.5 Å². The average Bonchev–Trinajstić information content (AvgIpc) is 2.95. The van der Waals surface area contributed by atoms with Gasteiger partial charge in [0.05, 0.1) is 10.4 Å². The molecule has 0 saturated heterocycles. The highest BCUT2D eigenvalue weighted by Gasteiger charge is 2.23. The molecule has 1 unspecified atom stereocenters. The Kier molecular flexibility index (Phi) is 6.57. The summed E-state index contributed by atoms with van der Waals surface area (Å²) in [5, 5.41) is 2.52. The van der Waals surface area contributed by atoms with E-state index in [2.05, 4.69) is 5.32 Å². The number of carbonyl (C=O) groups is 2. The van der Waals surface area contributed by atoms with Crippen molar-refractivity contribution < 1.29 is 14.3 Å². The van der Waals surface area contributed by atoms with Gasteiger partial charge in [-0.1, -0.05) is 35.8 Å². The number of nitrogens with two attached hydrogens (primary N) is 1. The highest BCUT2D eigenvalue weighted by Crippen LogP contribution is 2.27. The summed E-state index contributed by atoms with van der Waals surface area (Å²) >= 11 is 1.41. The van der Waals surface area contributed by atoms with Crippen molar-refractivity contribution in [2.75, 3.05) is 0 Å². The molecular weight excluding hydrogens is 390 g/mol. The first-order valence-corrected chi connectivity index (χ1v) is 10.2. The summed E-state index contributed by atoms with van der Waals surface area (Å²) in [7, 11) is 0. The molecule has 0 bridgehead atoms. The molecule has 0 radical (unpaired) electrons. The fraction of sp³-hybridized carbons (Fsp3) is 0.476. The molecule has 0 aliphatic heterocycles. The second-order valence-electron chi connectivity index (χ2n) is 8.91. The van der Waals surface area contributed by atoms with Gasteiger partial charge in [0.15, 0.2) is 0 Å². The van der Waals surface area contributed by atoms with Crippen LogP contribution in [-0.2, 0) is 21.5 Å². The zero-order valence-electron chi connectivity index (χ0n) is 17.7. The van der Waals surface area contributed by atoms with E-state index < -0.39 is 23.6 Å². The quantitative estimate of drug-likeness (QED) is 0.776. The summed E-state index contributed by atoms with van der Waals surface area (Å²) in [5.41, 5.74) is 6.20. The molecule has 2 rings (SSSR count). The second kappa shape index (κ2) is 8.41. The fourth-order valence-electron chi connectivity index (χ4n) is 2.66. The van der Waals surface area contributed by atoms with E-state index in [4.69, 9.17) is 10.5 Å². The Balaban J connectivity index is 2.14. The van der Waals surface area contributed by atoms with E-state index in [-0.39, 0.29) is 17.5 Å². The van der Waals surface area contributed by atoms with Crippen LogP contribution < -0.4 is 16.6 Å². The van der Waals surface area contributed by atoms with E-state index in [1.165, 1.54) is 11.5 Å². The standard InChI is InChI=1S/C21H29N3O4S/c1-20(2,3)24-17(25)12-16(29-24)14-9-7-13(8-10-14)11-15(18(22)26)23-19(27)28-21(4,5)6/h7-10,12,15H,11H2,1-6H3,(H2,22,26)(H,23,27). The molecule has 1 aromatic heterocycles. The third kappa shape index (κ3) is 6.45. The van der Waals surface area contributed by atoms with Gasteiger partial charge < -0.3 is 15.8 Å². The van der Waals surface area contributed by atoms with Crippen LogP contribution in [0.1, 0.15) is 47.1 Å². The van der Waals surface area contributed by atoms with Crippen LogP contribution in [0.5, 0.6) is 0 Å². The number of primary amides is 1. The molecule has 0 fully saturated rings. The third-order valence-electron chi connectivity index (χ3n) is 3.97. The Morgan fingerprint density at radius 2 is 1.72 bits per heavy atom. The van der Waals surface area contributed by atoms with E-state index in [0.717, 1.165) is 16.0 Å². The number of amides is 2. The number of rotatable bonds is 5. The maximum atomic E-state index is 12.2. The maximum Gasteiger partial charge on any atom is 0.408 e. The van der Waals surface area contributed by atoms with Crippen molar-refractivity contribution in [1.82, 2.24) is 9.27 Å². The molecule has 3 N–H and O–H groups in total. The number of hydrogen-bond acceptors (Lipinski definition) is 5. The molecule has 1 atom stereocenters. The summed E-state index contributed by atoms with van der Waals surface area (Å²) in [4.78, 5) is 36.8. The number of benzene rings is 1. The number of alkyl carbamates (subject to hydrolysis) is 1. The molecule has 1 heterocycles. The van der Waals surface area contributed by atoms with Crippen molar-refractivity contribution in [2.24, 2.45) is 5.73 Å². The SMILES string of the molecule is CC(C)(C)OC(=O)NC(Cc1ccc(-c2cc(=O)n(C(C)(C)C)s2)cc1)C(N)=O. The van der Waals surface area contributed by atoms with E-state index in [1.807, 2.05) is 45.0 Å². The molecule has 7 nitrogen and oxygen atoms in total. The number of hydrogen-bond donors (Lipinski definition) is 2. The zero-order chi connectivity index (χ0) is 22.0. The molecule has 29 heavy (non-hydrogen) atoms. The molecule has 158 valence electrons. The second-order valence-corrected chi connectivity index (χ2v) is 9.89. The lowest BCUT2D eigenvalue weighted by Crippen LogP contribution is -2.47. The molecule has 2 aromatic rings. The van der Waals surface area contributed by atoms with Crippen LogP contribution in [0, 0.1) is 0 Å². The minimum Gasteiger partial charge on any atom is -0.444 e. The highest BCUT2D eigenvalue weighted by atomic mass is 32.1. The number of nitrogens with one attached hydrogen (secondary N) is 1. The van der Waals surface area contributed by atoms with Crippen LogP contribution in [0.2, 0.25) is 0 Å². The van der Waals surface area contributed by atoms with Gasteiger partial charge >= 0.3 is 6.09 Å². The molecular formula is C21H29N3O4S. The molecule has 2 amide bonds. The Bertz CT molecular complexity index is 931. The van der Waals surface area contributed by atoms with Crippen LogP contribution >= 0.6 is 11.5 Å². The topological polar surface area (TPSA) is 103 Å². The predicted octanol–water partition coefficient (Wildman–Crippen LogP) is 3.25. The first kappa shape index (κ1) is 22.7. The van der Waals surface area contributed by atoms with E-state index in [1.54, 1.807) is 30.8 Å². The first-order valence-electron chi connectivity index (χ1n) is 9.38. The van der Waals surface area contributed by atoms with Crippen molar-refractivity contribution in [3.63, 3.8) is 0 Å². The van der Waals surface area contributed by atoms with Gasteiger partial charge in [0.2, 0.25) is 5.91 Å². The van der Waals surface area contributed by atoms with Gasteiger partial charge in [-0.05, 0) is 52.7 Å². The van der Waals surface area contributed by atoms with Crippen molar-refractivity contribution in [3.05, 3.63) is 46.2 Å². The van der Waals surface area contributed by atoms with Gasteiger partial charge in [0.25, 0.3) is 5.56 Å². The molecule has 0 aliphatic rings. The lowest BCUT2D eigenvalue weighted by molar-refractivity contribution is -0.120. The third-order valence-corrected chi connectivity index (χ3v) is 5.43. The minimum atomic E-state index is -0.881. The fourth-order valence-corrected chi connectivity index (χ4v) is 3.67. The van der Waals surface area contributed by atoms with E-state index in [9.17, 15) is 14.4 Å². The smallest absolute Gasteiger partial charge is 0.408 e. The first-order chi connectivity index (χ1) is 13.3. The summed E-state index contributed by atoms with van der Waals surface area (Å²) in [6, 6.07) is 8.23. The molecule has 8 heteroatoms. The molecule has 1 aromatic carbocycles. The number of carbonyl (C=O) groups excluding carboxylic acids is 2. The lowest BCUT2D eigenvalue weighted by Gasteiger charge is -2.22. The minimum absolute atomic E-state index is 0.0306. The maximum absolute atomic E-state index is 12.2. The highest BCUT2D eigenvalue weighted by molar-refractivity contribution is 7.10. The van der Waals surface area contributed by atoms with E-state index >= 15 is 0 Å². The zero-order valence-corrected chi connectivity index (χ0v) is 18.6. The number of aromatic nitrogens is 1. The summed E-state index contributed by atoms with van der Waals surface area (Å²) in [5.74, 6) is -0.639. The molecule has 0 spiro atoms. The van der Waals surface area contributed by atoms with Crippen LogP contribution in [0.25, 0.3) is 10.4 Å². The van der Waals surface area contributed by atoms with Crippen LogP contribution in [0.4, 0.5) is 4.79 Å². The Morgan fingerprint density at radius 3 is 2.17 bits per heavy atom. The summed E-state index contributed by atoms with van der Waals surface area (Å²) in [6.45, 7) is 11.2. The molecule has 0 aliphatic carbocycles. The lowest BCUT2D eigenvalue weighted by atomic mass is 10.0. The van der Waals surface area contributed by atoms with Gasteiger partial charge in [-0.25, -0.2) is 4.79 Å². The van der Waals surface area contributed by atoms with Gasteiger partial charge in [-0.15, -0.1) is 0 Å². The largest absolute Gasteiger partial charge is 0.444 e. The summed E-state index contributed by atoms with van der Waals surface area (Å²) < 4.78 is 6.93. The van der Waals surface area contributed by atoms with Crippen molar-refractivity contribution in [2.45, 2.75) is 65.1 Å². The van der Waals surface area contributed by atoms with Crippen molar-refractivity contribution in [1.29, 1.82) is 0 Å². The van der Waals surface area contributed by atoms with Crippen molar-refractivity contribution >= 4 is 23.5 Å². The Hall–Kier alpha value is -2.61. The van der Waals surface area contributed by atoms with Gasteiger partial charge in [-0.3, -0.25) is 13.5 Å². The Labute approximate surface area is 175 Å². The average molecular weight is 420 g/mol. The normalized spacial score (nSPS) is 13.0. The van der Waals surface area contributed by atoms with Crippen molar-refractivity contribution in [3.8, 4) is 10.4 Å². The van der Waals surface area contributed by atoms with Gasteiger partial charge in [0.1, 0.15) is 11.6 Å². The monoisotopic (exact) mass is 419 g/mol. The summed E-state index contributed by atoms with van der Waals surface area (Å²) in [6.07, 6.45) is -0.445. The number of nitrogens with zero attached hydrogens (tertiary/aromatic N) is 1. The predicted molar refractivity (Wildman–Crippen MR) is 115 cm³/mol. The Morgan fingerprint density at radius 1 is 1.14 bits per heavy atom. The van der Waals surface area contributed by atoms with Crippen LogP contribution in [-0.4, -0.2) is 27.6 Å². The molecule has 0 saturated carbocycles. The van der Waals surface area contributed by atoms with Crippen LogP contribution in [0.15, 0.2) is 35.1 Å².